The molecule has 0 unspecified atom stereocenters. The van der Waals surface area contributed by atoms with Crippen LogP contribution < -0.4 is 5.32 Å². The predicted octanol–water partition coefficient (Wildman–Crippen LogP) is 2.75. The van der Waals surface area contributed by atoms with E-state index in [-0.39, 0.29) is 0 Å². The van der Waals surface area contributed by atoms with E-state index in [0.29, 0.717) is 0 Å². The zero-order valence-electron chi connectivity index (χ0n) is 11.4. The van der Waals surface area contributed by atoms with Gasteiger partial charge in [-0.3, -0.25) is 5.10 Å². The Kier molecular flexibility index (Phi) is 4.29. The molecule has 0 saturated heterocycles. The van der Waals surface area contributed by atoms with E-state index in [0.717, 1.165) is 47.7 Å². The molecular weight excluding hydrogens is 292 g/mol. The van der Waals surface area contributed by atoms with Crippen molar-refractivity contribution < 1.29 is 0 Å². The number of benzene rings is 1. The van der Waals surface area contributed by atoms with Gasteiger partial charge in [-0.2, -0.15) is 0 Å². The molecule has 1 aliphatic heterocycles. The summed E-state index contributed by atoms with van der Waals surface area (Å²) in [6.07, 6.45) is 2.11. The van der Waals surface area contributed by atoms with Crippen LogP contribution in [0.25, 0.3) is 0 Å². The summed E-state index contributed by atoms with van der Waals surface area (Å²) in [6.45, 7) is 3.97. The quantitative estimate of drug-likeness (QED) is 0.856. The van der Waals surface area contributed by atoms with E-state index in [1.54, 1.807) is 11.8 Å². The van der Waals surface area contributed by atoms with Crippen molar-refractivity contribution in [3.63, 3.8) is 0 Å². The third-order valence-electron chi connectivity index (χ3n) is 3.52. The first-order valence-electron chi connectivity index (χ1n) is 6.75. The summed E-state index contributed by atoms with van der Waals surface area (Å²) in [6, 6.07) is 4.18. The third kappa shape index (κ3) is 3.00. The summed E-state index contributed by atoms with van der Waals surface area (Å²) in [7, 11) is 0. The van der Waals surface area contributed by atoms with Gasteiger partial charge >= 0.3 is 0 Å². The lowest BCUT2D eigenvalue weighted by atomic mass is 9.98. The summed E-state index contributed by atoms with van der Waals surface area (Å²) in [4.78, 5) is 4.33. The molecule has 3 rings (SSSR count). The number of thioether (sulfide) groups is 1. The van der Waals surface area contributed by atoms with E-state index in [4.69, 9.17) is 11.6 Å². The molecule has 2 aromatic rings. The third-order valence-corrected chi connectivity index (χ3v) is 4.74. The highest BCUT2D eigenvalue weighted by Gasteiger charge is 2.15. The number of fused-ring (bicyclic) bond motifs is 1. The highest BCUT2D eigenvalue weighted by Crippen LogP contribution is 2.30. The Balaban J connectivity index is 1.84. The van der Waals surface area contributed by atoms with E-state index in [1.165, 1.54) is 16.7 Å². The molecule has 0 amide bonds. The first kappa shape index (κ1) is 13.9. The maximum Gasteiger partial charge on any atom is 0.208 e. The molecular formula is C14H17ClN4S. The van der Waals surface area contributed by atoms with Gasteiger partial charge in [0.25, 0.3) is 0 Å². The Labute approximate surface area is 127 Å². The fourth-order valence-electron chi connectivity index (χ4n) is 2.50. The van der Waals surface area contributed by atoms with Crippen LogP contribution in [-0.2, 0) is 18.6 Å². The van der Waals surface area contributed by atoms with Crippen LogP contribution in [0.5, 0.6) is 0 Å². The van der Waals surface area contributed by atoms with Crippen LogP contribution in [0.3, 0.4) is 0 Å². The van der Waals surface area contributed by atoms with Crippen LogP contribution >= 0.6 is 23.4 Å². The van der Waals surface area contributed by atoms with E-state index in [9.17, 15) is 0 Å². The van der Waals surface area contributed by atoms with E-state index >= 15 is 0 Å². The van der Waals surface area contributed by atoms with Crippen LogP contribution in [0.2, 0.25) is 5.02 Å². The topological polar surface area (TPSA) is 53.6 Å². The number of nitrogens with zero attached hydrogens (tertiary/aromatic N) is 2. The van der Waals surface area contributed by atoms with Gasteiger partial charge in [0, 0.05) is 10.8 Å². The first-order chi connectivity index (χ1) is 9.74. The average Bonchev–Trinajstić information content (AvgIpc) is 2.71. The highest BCUT2D eigenvalue weighted by atomic mass is 35.5. The van der Waals surface area contributed by atoms with Crippen molar-refractivity contribution in [2.45, 2.75) is 30.7 Å². The number of hydrogen-bond donors (Lipinski definition) is 2. The largest absolute Gasteiger partial charge is 0.316 e. The molecule has 0 atom stereocenters. The Bertz CT molecular complexity index is 611. The van der Waals surface area contributed by atoms with Gasteiger partial charge in [0.2, 0.25) is 5.16 Å². The molecule has 4 nitrogen and oxygen atoms in total. The van der Waals surface area contributed by atoms with Crippen molar-refractivity contribution in [1.29, 1.82) is 0 Å². The van der Waals surface area contributed by atoms with Crippen molar-refractivity contribution in [2.24, 2.45) is 0 Å². The normalized spacial score (nSPS) is 14.9. The second-order valence-corrected chi connectivity index (χ2v) is 6.26. The second kappa shape index (κ2) is 6.16. The number of aryl methyl sites for hydroxylation is 1. The van der Waals surface area contributed by atoms with Gasteiger partial charge in [-0.15, -0.1) is 5.10 Å². The lowest BCUT2D eigenvalue weighted by molar-refractivity contribution is 0.710. The van der Waals surface area contributed by atoms with Gasteiger partial charge in [0.15, 0.2) is 0 Å². The van der Waals surface area contributed by atoms with Crippen LogP contribution in [-0.4, -0.2) is 28.3 Å². The minimum absolute atomic E-state index is 0.780. The average molecular weight is 309 g/mol. The molecule has 1 aromatic carbocycles. The molecule has 2 heterocycles. The molecule has 0 aliphatic carbocycles. The number of nitrogens with one attached hydrogen (secondary N) is 2. The summed E-state index contributed by atoms with van der Waals surface area (Å²) >= 11 is 8.03. The number of halogens is 1. The van der Waals surface area contributed by atoms with Gasteiger partial charge < -0.3 is 5.32 Å². The first-order valence-corrected chi connectivity index (χ1v) is 8.12. The maximum atomic E-state index is 6.40. The lowest BCUT2D eigenvalue weighted by Gasteiger charge is -2.13. The van der Waals surface area contributed by atoms with Gasteiger partial charge in [0.1, 0.15) is 5.82 Å². The van der Waals surface area contributed by atoms with Gasteiger partial charge in [-0.1, -0.05) is 29.4 Å². The van der Waals surface area contributed by atoms with Crippen LogP contribution in [0.4, 0.5) is 0 Å². The monoisotopic (exact) mass is 308 g/mol. The zero-order chi connectivity index (χ0) is 13.9. The molecule has 0 bridgehead atoms. The molecule has 0 radical (unpaired) electrons. The van der Waals surface area contributed by atoms with Crippen LogP contribution in [0.15, 0.2) is 17.3 Å². The number of rotatable bonds is 3. The number of aromatic amines is 1. The highest BCUT2D eigenvalue weighted by molar-refractivity contribution is 7.98. The smallest absolute Gasteiger partial charge is 0.208 e. The van der Waals surface area contributed by atoms with Crippen LogP contribution in [0, 0.1) is 6.92 Å². The van der Waals surface area contributed by atoms with Gasteiger partial charge in [-0.05, 0) is 55.6 Å². The molecule has 106 valence electrons. The summed E-state index contributed by atoms with van der Waals surface area (Å²) in [5.74, 6) is 1.66. The molecule has 0 fully saturated rings. The molecule has 6 heteroatoms. The fourth-order valence-corrected chi connectivity index (χ4v) is 3.74. The van der Waals surface area contributed by atoms with Gasteiger partial charge in [-0.25, -0.2) is 4.98 Å². The fraction of sp³-hybridized carbons (Fsp3) is 0.429. The lowest BCUT2D eigenvalue weighted by Crippen LogP contribution is -2.16. The standard InChI is InChI=1S/C14H17ClN4S/c1-9-17-14(19-18-9)20-8-12-11-5-7-16-6-4-10(11)2-3-13(12)15/h2-3,16H,4-8H2,1H3,(H,17,18,19). The van der Waals surface area contributed by atoms with Crippen molar-refractivity contribution in [2.75, 3.05) is 13.1 Å². The van der Waals surface area contributed by atoms with E-state index < -0.39 is 0 Å². The molecule has 20 heavy (non-hydrogen) atoms. The number of hydrogen-bond acceptors (Lipinski definition) is 4. The molecule has 0 spiro atoms. The van der Waals surface area contributed by atoms with E-state index in [2.05, 4.69) is 26.6 Å². The Morgan fingerprint density at radius 3 is 2.95 bits per heavy atom. The van der Waals surface area contributed by atoms with Crippen molar-refractivity contribution >= 4 is 23.4 Å². The molecule has 1 aliphatic rings. The summed E-state index contributed by atoms with van der Waals surface area (Å²) in [5, 5.41) is 12.1. The predicted molar refractivity (Wildman–Crippen MR) is 82.4 cm³/mol. The number of H-pyrrole nitrogens is 1. The van der Waals surface area contributed by atoms with Crippen molar-refractivity contribution in [3.05, 3.63) is 39.7 Å². The molecule has 0 saturated carbocycles. The number of aromatic nitrogens is 3. The summed E-state index contributed by atoms with van der Waals surface area (Å²) in [5.41, 5.74) is 4.06. The SMILES string of the molecule is Cc1nc(SCc2c(Cl)ccc3c2CCNCC3)n[nH]1. The molecule has 1 aromatic heterocycles. The minimum Gasteiger partial charge on any atom is -0.316 e. The van der Waals surface area contributed by atoms with Crippen molar-refractivity contribution in [3.8, 4) is 0 Å². The zero-order valence-corrected chi connectivity index (χ0v) is 12.9. The van der Waals surface area contributed by atoms with Crippen LogP contribution in [0.1, 0.15) is 22.5 Å². The second-order valence-electron chi connectivity index (χ2n) is 4.91. The Morgan fingerprint density at radius 1 is 1.30 bits per heavy atom. The summed E-state index contributed by atoms with van der Waals surface area (Å²) < 4.78 is 0. The molecule has 2 N–H and O–H groups in total. The minimum atomic E-state index is 0.780. The maximum absolute atomic E-state index is 6.40. The Morgan fingerprint density at radius 2 is 2.15 bits per heavy atom. The van der Waals surface area contributed by atoms with Crippen molar-refractivity contribution in [1.82, 2.24) is 20.5 Å². The van der Waals surface area contributed by atoms with E-state index in [1.807, 2.05) is 13.0 Å². The van der Waals surface area contributed by atoms with Gasteiger partial charge in [0.05, 0.1) is 0 Å². The Hall–Kier alpha value is -1.04.